The minimum absolute atomic E-state index is 0.0240. The number of amides is 1. The van der Waals surface area contributed by atoms with Crippen LogP contribution in [0.5, 0.6) is 0 Å². The number of hydrogen-bond donors (Lipinski definition) is 7. The number of carbonyl (C=O) groups is 1. The number of fused-ring (bicyclic) bond motifs is 1. The predicted molar refractivity (Wildman–Crippen MR) is 119 cm³/mol. The highest BCUT2D eigenvalue weighted by molar-refractivity contribution is 6.06. The average molecular weight is 503 g/mol. The summed E-state index contributed by atoms with van der Waals surface area (Å²) in [6, 6.07) is 8.39. The van der Waals surface area contributed by atoms with Gasteiger partial charge in [0.15, 0.2) is 17.0 Å². The van der Waals surface area contributed by atoms with Crippen LogP contribution >= 0.6 is 0 Å². The van der Waals surface area contributed by atoms with Crippen molar-refractivity contribution >= 4 is 22.9 Å². The molecule has 2 aliphatic rings. The number of anilines is 1. The Labute approximate surface area is 203 Å². The number of benzene rings is 1. The lowest BCUT2D eigenvalue weighted by Gasteiger charge is -2.39. The van der Waals surface area contributed by atoms with Crippen molar-refractivity contribution in [2.24, 2.45) is 0 Å². The lowest BCUT2D eigenvalue weighted by Crippen LogP contribution is -2.58. The molecule has 0 bridgehead atoms. The normalized spacial score (nSPS) is 34.3. The molecule has 3 aromatic rings. The van der Waals surface area contributed by atoms with Gasteiger partial charge in [0.05, 0.1) is 19.5 Å². The van der Waals surface area contributed by atoms with Crippen LogP contribution in [0.2, 0.25) is 0 Å². The summed E-state index contributed by atoms with van der Waals surface area (Å²) in [5.74, 6) is -0.424. The van der Waals surface area contributed by atoms with Crippen molar-refractivity contribution in [3.63, 3.8) is 0 Å². The van der Waals surface area contributed by atoms with Crippen LogP contribution in [0.1, 0.15) is 10.4 Å². The molecule has 2 aromatic heterocycles. The van der Waals surface area contributed by atoms with Crippen LogP contribution in [0, 0.1) is 0 Å². The molecule has 2 aliphatic heterocycles. The number of aliphatic hydroxyl groups is 6. The maximum atomic E-state index is 12.7. The number of aromatic nitrogens is 4. The fourth-order valence-corrected chi connectivity index (χ4v) is 4.74. The van der Waals surface area contributed by atoms with Crippen molar-refractivity contribution in [2.75, 3.05) is 18.5 Å². The zero-order chi connectivity index (χ0) is 25.6. The molecule has 0 radical (unpaired) electrons. The summed E-state index contributed by atoms with van der Waals surface area (Å²) in [5, 5.41) is 64.8. The quantitative estimate of drug-likeness (QED) is 0.183. The van der Waals surface area contributed by atoms with Crippen LogP contribution in [0.25, 0.3) is 11.2 Å². The molecule has 0 aliphatic carbocycles. The summed E-state index contributed by atoms with van der Waals surface area (Å²) in [5.41, 5.74) is -1.65. The van der Waals surface area contributed by atoms with Gasteiger partial charge in [-0.1, -0.05) is 18.2 Å². The molecular formula is C22H25N5O9. The van der Waals surface area contributed by atoms with E-state index in [1.807, 2.05) is 0 Å². The Morgan fingerprint density at radius 3 is 2.33 bits per heavy atom. The molecule has 36 heavy (non-hydrogen) atoms. The molecule has 2 fully saturated rings. The van der Waals surface area contributed by atoms with Crippen LogP contribution in [0.15, 0.2) is 43.0 Å². The first-order valence-corrected chi connectivity index (χ1v) is 11.2. The van der Waals surface area contributed by atoms with Crippen molar-refractivity contribution in [1.29, 1.82) is 0 Å². The Morgan fingerprint density at radius 1 is 0.972 bits per heavy atom. The second kappa shape index (κ2) is 9.42. The first-order chi connectivity index (χ1) is 17.3. The molecule has 0 spiro atoms. The lowest BCUT2D eigenvalue weighted by molar-refractivity contribution is -0.231. The third-order valence-corrected chi connectivity index (χ3v) is 6.58. The van der Waals surface area contributed by atoms with E-state index in [0.29, 0.717) is 5.56 Å². The van der Waals surface area contributed by atoms with Crippen molar-refractivity contribution in [3.05, 3.63) is 48.5 Å². The Balaban J connectivity index is 1.61. The van der Waals surface area contributed by atoms with Gasteiger partial charge in [-0.25, -0.2) is 15.0 Å². The van der Waals surface area contributed by atoms with Crippen LogP contribution in [0.3, 0.4) is 0 Å². The number of rotatable bonds is 6. The van der Waals surface area contributed by atoms with E-state index in [-0.39, 0.29) is 17.0 Å². The molecule has 192 valence electrons. The maximum absolute atomic E-state index is 12.7. The van der Waals surface area contributed by atoms with E-state index >= 15 is 0 Å². The van der Waals surface area contributed by atoms with Crippen LogP contribution in [0.4, 0.5) is 5.82 Å². The van der Waals surface area contributed by atoms with Crippen molar-refractivity contribution < 1.29 is 44.9 Å². The summed E-state index contributed by atoms with van der Waals surface area (Å²) in [4.78, 5) is 25.2. The van der Waals surface area contributed by atoms with Crippen molar-refractivity contribution in [1.82, 2.24) is 19.5 Å². The largest absolute Gasteiger partial charge is 0.394 e. The first kappa shape index (κ1) is 24.6. The number of nitrogens with zero attached hydrogens (tertiary/aromatic N) is 4. The fraction of sp³-hybridized carbons (Fsp3) is 0.455. The molecule has 1 amide bonds. The molecule has 1 aromatic carbocycles. The van der Waals surface area contributed by atoms with Gasteiger partial charge in [0.2, 0.25) is 5.72 Å². The summed E-state index contributed by atoms with van der Waals surface area (Å²) in [6.07, 6.45) is -8.34. The molecule has 7 N–H and O–H groups in total. The van der Waals surface area contributed by atoms with Gasteiger partial charge in [-0.2, -0.15) is 0 Å². The third-order valence-electron chi connectivity index (χ3n) is 6.58. The second-order valence-corrected chi connectivity index (χ2v) is 8.61. The summed E-state index contributed by atoms with van der Waals surface area (Å²) >= 11 is 0. The molecule has 4 heterocycles. The van der Waals surface area contributed by atoms with E-state index in [1.54, 1.807) is 30.3 Å². The van der Waals surface area contributed by atoms with Gasteiger partial charge in [-0.15, -0.1) is 0 Å². The molecule has 8 atom stereocenters. The summed E-state index contributed by atoms with van der Waals surface area (Å²) in [7, 11) is 0. The monoisotopic (exact) mass is 503 g/mol. The first-order valence-electron chi connectivity index (χ1n) is 11.2. The highest BCUT2D eigenvalue weighted by atomic mass is 16.6. The lowest BCUT2D eigenvalue weighted by atomic mass is 9.92. The SMILES string of the molecule is O=C(Nc1ncnc2c1ncn2[C@]1(C2O[C@H](CO)[C@@H](O)[C@H]2O)O[C@H](CO)[C@@H](O)[C@H]1O)c1ccccc1. The minimum Gasteiger partial charge on any atom is -0.394 e. The second-order valence-electron chi connectivity index (χ2n) is 8.61. The molecule has 14 nitrogen and oxygen atoms in total. The van der Waals surface area contributed by atoms with Gasteiger partial charge in [0, 0.05) is 5.56 Å². The van der Waals surface area contributed by atoms with E-state index in [2.05, 4.69) is 20.3 Å². The predicted octanol–water partition coefficient (Wildman–Crippen LogP) is -2.67. The van der Waals surface area contributed by atoms with Gasteiger partial charge in [0.1, 0.15) is 49.1 Å². The molecule has 1 unspecified atom stereocenters. The van der Waals surface area contributed by atoms with E-state index in [1.165, 1.54) is 10.9 Å². The Hall–Kier alpha value is -3.08. The van der Waals surface area contributed by atoms with E-state index < -0.39 is 67.6 Å². The van der Waals surface area contributed by atoms with Gasteiger partial charge in [-0.3, -0.25) is 9.36 Å². The number of carbonyl (C=O) groups excluding carboxylic acids is 1. The highest BCUT2D eigenvalue weighted by Crippen LogP contribution is 2.45. The number of aliphatic hydroxyl groups excluding tert-OH is 6. The minimum atomic E-state index is -2.14. The summed E-state index contributed by atoms with van der Waals surface area (Å²) in [6.45, 7) is -1.33. The van der Waals surface area contributed by atoms with E-state index in [9.17, 15) is 35.4 Å². The number of ether oxygens (including phenoxy) is 2. The molecule has 5 rings (SSSR count). The molecule has 0 saturated carbocycles. The fourth-order valence-electron chi connectivity index (χ4n) is 4.74. The van der Waals surface area contributed by atoms with Gasteiger partial charge in [0.25, 0.3) is 5.91 Å². The number of hydrogen-bond acceptors (Lipinski definition) is 12. The molecule has 2 saturated heterocycles. The van der Waals surface area contributed by atoms with E-state index in [0.717, 1.165) is 6.33 Å². The number of imidazole rings is 1. The number of nitrogens with one attached hydrogen (secondary N) is 1. The molecule has 14 heteroatoms. The van der Waals surface area contributed by atoms with Gasteiger partial charge < -0.3 is 45.4 Å². The van der Waals surface area contributed by atoms with Crippen molar-refractivity contribution in [2.45, 2.75) is 48.5 Å². The van der Waals surface area contributed by atoms with Crippen LogP contribution in [-0.2, 0) is 15.2 Å². The Morgan fingerprint density at radius 2 is 1.69 bits per heavy atom. The maximum Gasteiger partial charge on any atom is 0.256 e. The zero-order valence-corrected chi connectivity index (χ0v) is 18.7. The average Bonchev–Trinajstić information content (AvgIpc) is 3.54. The highest BCUT2D eigenvalue weighted by Gasteiger charge is 2.66. The smallest absolute Gasteiger partial charge is 0.256 e. The van der Waals surface area contributed by atoms with Gasteiger partial charge in [-0.05, 0) is 12.1 Å². The molecular weight excluding hydrogens is 478 g/mol. The standard InChI is InChI=1S/C22H25N5O9/c28-6-11-14(30)16(32)18(35-11)22(17(33)15(31)12(7-29)36-22)27-9-25-13-19(23-8-24-20(13)27)26-21(34)10-4-2-1-3-5-10/h1-5,8-9,11-12,14-18,28-33H,6-7H2,(H,23,24,26,34)/t11-,12-,14-,15-,16-,17-,18?,22+/m1/s1. The third kappa shape index (κ3) is 3.66. The Kier molecular flexibility index (Phi) is 6.44. The Bertz CT molecular complexity index is 1240. The summed E-state index contributed by atoms with van der Waals surface area (Å²) < 4.78 is 12.8. The zero-order valence-electron chi connectivity index (χ0n) is 18.7. The topological polar surface area (TPSA) is 213 Å². The van der Waals surface area contributed by atoms with Crippen LogP contribution in [-0.4, -0.2) is 112 Å². The van der Waals surface area contributed by atoms with Crippen LogP contribution < -0.4 is 5.32 Å². The van der Waals surface area contributed by atoms with E-state index in [4.69, 9.17) is 9.47 Å². The van der Waals surface area contributed by atoms with Crippen molar-refractivity contribution in [3.8, 4) is 0 Å². The van der Waals surface area contributed by atoms with Gasteiger partial charge >= 0.3 is 0 Å².